The van der Waals surface area contributed by atoms with Gasteiger partial charge in [-0.3, -0.25) is 9.69 Å². The smallest absolute Gasteiger partial charge is 0.276 e. The summed E-state index contributed by atoms with van der Waals surface area (Å²) in [6.07, 6.45) is 6.44. The predicted octanol–water partition coefficient (Wildman–Crippen LogP) is 1.49. The summed E-state index contributed by atoms with van der Waals surface area (Å²) in [7, 11) is 0. The minimum absolute atomic E-state index is 0.0288. The SMILES string of the molecule is O=C(c1ncccc1O)N1CC[C@H](N2CCCCC2)C1. The van der Waals surface area contributed by atoms with Gasteiger partial charge in [-0.05, 0) is 44.5 Å². The third-order valence-corrected chi connectivity index (χ3v) is 4.35. The maximum absolute atomic E-state index is 12.4. The highest BCUT2D eigenvalue weighted by Gasteiger charge is 2.32. The van der Waals surface area contributed by atoms with Gasteiger partial charge in [-0.2, -0.15) is 0 Å². The van der Waals surface area contributed by atoms with Crippen LogP contribution in [0.15, 0.2) is 18.3 Å². The Kier molecular flexibility index (Phi) is 3.87. The minimum atomic E-state index is -0.150. The van der Waals surface area contributed by atoms with Crippen LogP contribution in [0, 0.1) is 0 Å². The van der Waals surface area contributed by atoms with Crippen LogP contribution in [0.2, 0.25) is 0 Å². The lowest BCUT2D eigenvalue weighted by Crippen LogP contribution is -2.41. The number of amides is 1. The van der Waals surface area contributed by atoms with Gasteiger partial charge in [-0.1, -0.05) is 6.42 Å². The zero-order valence-corrected chi connectivity index (χ0v) is 11.7. The number of rotatable bonds is 2. The summed E-state index contributed by atoms with van der Waals surface area (Å²) in [5.74, 6) is -0.179. The molecule has 1 aromatic rings. The monoisotopic (exact) mass is 275 g/mol. The lowest BCUT2D eigenvalue weighted by Gasteiger charge is -2.32. The molecule has 0 saturated carbocycles. The van der Waals surface area contributed by atoms with Crippen molar-refractivity contribution in [1.29, 1.82) is 0 Å². The van der Waals surface area contributed by atoms with Gasteiger partial charge in [0, 0.05) is 25.3 Å². The Hall–Kier alpha value is -1.62. The molecular formula is C15H21N3O2. The Bertz CT molecular complexity index is 486. The van der Waals surface area contributed by atoms with E-state index in [0.29, 0.717) is 6.04 Å². The van der Waals surface area contributed by atoms with E-state index in [1.165, 1.54) is 25.3 Å². The van der Waals surface area contributed by atoms with E-state index in [4.69, 9.17) is 0 Å². The van der Waals surface area contributed by atoms with E-state index in [-0.39, 0.29) is 17.4 Å². The van der Waals surface area contributed by atoms with Gasteiger partial charge in [-0.15, -0.1) is 0 Å². The van der Waals surface area contributed by atoms with Gasteiger partial charge in [0.15, 0.2) is 5.69 Å². The number of aromatic hydroxyl groups is 1. The van der Waals surface area contributed by atoms with Crippen LogP contribution in [-0.4, -0.2) is 58.0 Å². The van der Waals surface area contributed by atoms with E-state index < -0.39 is 0 Å². The highest BCUT2D eigenvalue weighted by Crippen LogP contribution is 2.23. The van der Waals surface area contributed by atoms with Crippen molar-refractivity contribution in [3.05, 3.63) is 24.0 Å². The summed E-state index contributed by atoms with van der Waals surface area (Å²) in [5.41, 5.74) is 0.173. The zero-order chi connectivity index (χ0) is 13.9. The summed E-state index contributed by atoms with van der Waals surface area (Å²) in [6, 6.07) is 3.62. The number of nitrogens with zero attached hydrogens (tertiary/aromatic N) is 3. The molecular weight excluding hydrogens is 254 g/mol. The number of likely N-dealkylation sites (tertiary alicyclic amines) is 2. The second-order valence-electron chi connectivity index (χ2n) is 5.66. The average Bonchev–Trinajstić information content (AvgIpc) is 2.98. The Labute approximate surface area is 119 Å². The summed E-state index contributed by atoms with van der Waals surface area (Å²) in [5, 5.41) is 9.74. The standard InChI is InChI=1S/C15H21N3O2/c19-13-5-4-7-16-14(13)15(20)18-10-6-12(11-18)17-8-2-1-3-9-17/h4-5,7,12,19H,1-3,6,8-11H2/t12-/m0/s1. The molecule has 0 aliphatic carbocycles. The molecule has 0 unspecified atom stereocenters. The molecule has 3 heterocycles. The third-order valence-electron chi connectivity index (χ3n) is 4.35. The number of piperidine rings is 1. The number of hydrogen-bond acceptors (Lipinski definition) is 4. The molecule has 1 aromatic heterocycles. The highest BCUT2D eigenvalue weighted by atomic mass is 16.3. The van der Waals surface area contributed by atoms with E-state index in [2.05, 4.69) is 9.88 Å². The first-order valence-electron chi connectivity index (χ1n) is 7.43. The molecule has 2 aliphatic rings. The molecule has 2 saturated heterocycles. The third kappa shape index (κ3) is 2.63. The molecule has 20 heavy (non-hydrogen) atoms. The molecule has 0 aromatic carbocycles. The van der Waals surface area contributed by atoms with Gasteiger partial charge in [0.2, 0.25) is 0 Å². The average molecular weight is 275 g/mol. The minimum Gasteiger partial charge on any atom is -0.505 e. The van der Waals surface area contributed by atoms with Crippen molar-refractivity contribution in [3.8, 4) is 5.75 Å². The molecule has 1 N–H and O–H groups in total. The Morgan fingerprint density at radius 1 is 1.25 bits per heavy atom. The maximum Gasteiger partial charge on any atom is 0.276 e. The van der Waals surface area contributed by atoms with Crippen LogP contribution in [0.5, 0.6) is 5.75 Å². The molecule has 0 radical (unpaired) electrons. The largest absolute Gasteiger partial charge is 0.505 e. The van der Waals surface area contributed by atoms with E-state index in [9.17, 15) is 9.90 Å². The fraction of sp³-hybridized carbons (Fsp3) is 0.600. The molecule has 5 heteroatoms. The van der Waals surface area contributed by atoms with Gasteiger partial charge >= 0.3 is 0 Å². The fourth-order valence-electron chi connectivity index (χ4n) is 3.22. The molecule has 2 fully saturated rings. The van der Waals surface area contributed by atoms with Crippen molar-refractivity contribution in [3.63, 3.8) is 0 Å². The van der Waals surface area contributed by atoms with Crippen molar-refractivity contribution >= 4 is 5.91 Å². The van der Waals surface area contributed by atoms with Crippen molar-refractivity contribution in [2.45, 2.75) is 31.7 Å². The second-order valence-corrected chi connectivity index (χ2v) is 5.66. The van der Waals surface area contributed by atoms with Crippen LogP contribution in [0.3, 0.4) is 0 Å². The van der Waals surface area contributed by atoms with Crippen LogP contribution in [0.25, 0.3) is 0 Å². The molecule has 0 spiro atoms. The van der Waals surface area contributed by atoms with E-state index >= 15 is 0 Å². The van der Waals surface area contributed by atoms with Gasteiger partial charge in [0.1, 0.15) is 5.75 Å². The number of aromatic nitrogens is 1. The van der Waals surface area contributed by atoms with Crippen molar-refractivity contribution < 1.29 is 9.90 Å². The first-order chi connectivity index (χ1) is 9.75. The predicted molar refractivity (Wildman–Crippen MR) is 75.6 cm³/mol. The quantitative estimate of drug-likeness (QED) is 0.888. The number of pyridine rings is 1. The van der Waals surface area contributed by atoms with E-state index in [0.717, 1.165) is 32.6 Å². The van der Waals surface area contributed by atoms with Crippen LogP contribution in [0.1, 0.15) is 36.2 Å². The van der Waals surface area contributed by atoms with Gasteiger partial charge in [0.05, 0.1) is 0 Å². The van der Waals surface area contributed by atoms with Crippen molar-refractivity contribution in [2.75, 3.05) is 26.2 Å². The molecule has 2 aliphatic heterocycles. The normalized spacial score (nSPS) is 24.0. The van der Waals surface area contributed by atoms with Crippen LogP contribution in [-0.2, 0) is 0 Å². The van der Waals surface area contributed by atoms with E-state index in [1.54, 1.807) is 12.3 Å². The molecule has 1 atom stereocenters. The summed E-state index contributed by atoms with van der Waals surface area (Å²) < 4.78 is 0. The molecule has 5 nitrogen and oxygen atoms in total. The lowest BCUT2D eigenvalue weighted by atomic mass is 10.1. The Morgan fingerprint density at radius 2 is 2.05 bits per heavy atom. The van der Waals surface area contributed by atoms with Crippen molar-refractivity contribution in [1.82, 2.24) is 14.8 Å². The Balaban J connectivity index is 1.65. The topological polar surface area (TPSA) is 56.7 Å². The summed E-state index contributed by atoms with van der Waals surface area (Å²) in [6.45, 7) is 3.83. The molecule has 0 bridgehead atoms. The number of carbonyl (C=O) groups excluding carboxylic acids is 1. The Morgan fingerprint density at radius 3 is 2.80 bits per heavy atom. The summed E-state index contributed by atoms with van der Waals surface area (Å²) >= 11 is 0. The highest BCUT2D eigenvalue weighted by molar-refractivity contribution is 5.94. The first-order valence-corrected chi connectivity index (χ1v) is 7.43. The van der Waals surface area contributed by atoms with Gasteiger partial charge < -0.3 is 10.0 Å². The zero-order valence-electron chi connectivity index (χ0n) is 11.7. The van der Waals surface area contributed by atoms with E-state index in [1.807, 2.05) is 4.90 Å². The van der Waals surface area contributed by atoms with Crippen LogP contribution >= 0.6 is 0 Å². The van der Waals surface area contributed by atoms with Gasteiger partial charge in [0.25, 0.3) is 5.91 Å². The van der Waals surface area contributed by atoms with Crippen molar-refractivity contribution in [2.24, 2.45) is 0 Å². The number of hydrogen-bond donors (Lipinski definition) is 1. The van der Waals surface area contributed by atoms with Crippen LogP contribution in [0.4, 0.5) is 0 Å². The number of carbonyl (C=O) groups is 1. The summed E-state index contributed by atoms with van der Waals surface area (Å²) in [4.78, 5) is 20.7. The maximum atomic E-state index is 12.4. The molecule has 3 rings (SSSR count). The molecule has 1 amide bonds. The second kappa shape index (κ2) is 5.79. The first kappa shape index (κ1) is 13.4. The van der Waals surface area contributed by atoms with Gasteiger partial charge in [-0.25, -0.2) is 4.98 Å². The lowest BCUT2D eigenvalue weighted by molar-refractivity contribution is 0.0762. The fourth-order valence-corrected chi connectivity index (χ4v) is 3.22. The van der Waals surface area contributed by atoms with Crippen LogP contribution < -0.4 is 0 Å². The molecule has 108 valence electrons.